The van der Waals surface area contributed by atoms with Gasteiger partial charge in [-0.15, -0.1) is 0 Å². The summed E-state index contributed by atoms with van der Waals surface area (Å²) in [6.45, 7) is 2.80. The summed E-state index contributed by atoms with van der Waals surface area (Å²) >= 11 is 12.5. The van der Waals surface area contributed by atoms with E-state index in [1.54, 1.807) is 6.92 Å². The molecule has 3 N–H and O–H groups in total. The summed E-state index contributed by atoms with van der Waals surface area (Å²) in [4.78, 5) is 41.3. The van der Waals surface area contributed by atoms with Crippen LogP contribution in [0.2, 0.25) is 10.0 Å². The molecule has 50 heavy (non-hydrogen) atoms. The van der Waals surface area contributed by atoms with E-state index in [2.05, 4.69) is 16.0 Å². The number of halogens is 6. The summed E-state index contributed by atoms with van der Waals surface area (Å²) in [5.74, 6) is -4.48. The zero-order valence-corrected chi connectivity index (χ0v) is 28.4. The maximum Gasteiger partial charge on any atom is 0.398 e. The fourth-order valence-electron chi connectivity index (χ4n) is 7.25. The first-order valence-electron chi connectivity index (χ1n) is 15.6. The molecule has 5 atom stereocenters. The Balaban J connectivity index is 1.53. The summed E-state index contributed by atoms with van der Waals surface area (Å²) in [5, 5.41) is 8.45. The Morgan fingerprint density at radius 1 is 1.08 bits per heavy atom. The molecule has 6 rings (SSSR count). The number of amides is 2. The lowest BCUT2D eigenvalue weighted by atomic mass is 9.61. The molecule has 2 heterocycles. The first kappa shape index (κ1) is 35.4. The minimum absolute atomic E-state index is 0.0125. The predicted octanol–water partition coefficient (Wildman–Crippen LogP) is 7.73. The number of fused-ring (bicyclic) bond motifs is 2. The number of alkyl halides is 3. The van der Waals surface area contributed by atoms with Gasteiger partial charge in [-0.1, -0.05) is 59.6 Å². The first-order chi connectivity index (χ1) is 23.7. The van der Waals surface area contributed by atoms with Crippen molar-refractivity contribution in [2.24, 2.45) is 5.41 Å². The number of methoxy groups -OCH3 is 1. The summed E-state index contributed by atoms with van der Waals surface area (Å²) in [5.41, 5.74) is -3.92. The largest absolute Gasteiger partial charge is 0.495 e. The number of hydrogen-bond donors (Lipinski definition) is 3. The van der Waals surface area contributed by atoms with Crippen LogP contribution in [0.4, 0.5) is 28.9 Å². The molecule has 3 aliphatic rings. The van der Waals surface area contributed by atoms with Crippen LogP contribution in [0.5, 0.6) is 5.75 Å². The van der Waals surface area contributed by atoms with Crippen molar-refractivity contribution in [3.8, 4) is 5.75 Å². The monoisotopic (exact) mass is 731 g/mol. The number of benzene rings is 3. The van der Waals surface area contributed by atoms with Crippen LogP contribution < -0.4 is 20.7 Å². The summed E-state index contributed by atoms with van der Waals surface area (Å²) < 4.78 is 71.7. The minimum Gasteiger partial charge on any atom is -0.495 e. The SMILES string of the molecule is CCOC(=O)c1ccc(NC(=O)[C@@H]2N[C@@H](C[C@](C)(C3=CC=C3)C(F)(F)F)[C@@]3(C(=O)Nc4cc(Cl)ccc43)C2c2cccc(Cl)c2F)c(OC)c1. The number of hydrogen-bond acceptors (Lipinski definition) is 6. The van der Waals surface area contributed by atoms with Crippen LogP contribution in [-0.4, -0.2) is 49.8 Å². The van der Waals surface area contributed by atoms with Crippen LogP contribution in [0, 0.1) is 11.2 Å². The molecule has 1 fully saturated rings. The van der Waals surface area contributed by atoms with Crippen molar-refractivity contribution in [1.82, 2.24) is 5.32 Å². The van der Waals surface area contributed by atoms with Crippen LogP contribution >= 0.6 is 23.2 Å². The number of esters is 1. The molecular formula is C36H31Cl2F4N3O5. The fourth-order valence-corrected chi connectivity index (χ4v) is 7.61. The molecule has 1 aliphatic carbocycles. The van der Waals surface area contributed by atoms with Crippen molar-refractivity contribution in [2.45, 2.75) is 49.9 Å². The maximum atomic E-state index is 16.2. The Kier molecular flexibility index (Phi) is 9.25. The summed E-state index contributed by atoms with van der Waals surface area (Å²) in [6.07, 6.45) is -1.31. The molecule has 0 saturated carbocycles. The Bertz CT molecular complexity index is 1970. The molecule has 3 aromatic rings. The van der Waals surface area contributed by atoms with E-state index in [0.29, 0.717) is 0 Å². The average Bonchev–Trinajstić information content (AvgIpc) is 3.51. The molecule has 0 bridgehead atoms. The third kappa shape index (κ3) is 5.63. The smallest absolute Gasteiger partial charge is 0.398 e. The molecule has 1 spiro atoms. The lowest BCUT2D eigenvalue weighted by Crippen LogP contribution is -2.52. The van der Waals surface area contributed by atoms with Gasteiger partial charge in [0.05, 0.1) is 41.4 Å². The van der Waals surface area contributed by atoms with Crippen LogP contribution in [0.1, 0.15) is 47.7 Å². The van der Waals surface area contributed by atoms with Gasteiger partial charge in [0.1, 0.15) is 17.0 Å². The number of carbonyl (C=O) groups excluding carboxylic acids is 3. The van der Waals surface area contributed by atoms with Gasteiger partial charge in [0.15, 0.2) is 0 Å². The topological polar surface area (TPSA) is 106 Å². The molecule has 0 aromatic heterocycles. The fraction of sp³-hybridized carbons (Fsp3) is 0.306. The number of nitrogens with one attached hydrogen (secondary N) is 3. The van der Waals surface area contributed by atoms with E-state index in [-0.39, 0.29) is 56.0 Å². The average molecular weight is 733 g/mol. The molecule has 1 unspecified atom stereocenters. The zero-order valence-electron chi connectivity index (χ0n) is 26.9. The van der Waals surface area contributed by atoms with Crippen molar-refractivity contribution >= 4 is 52.4 Å². The summed E-state index contributed by atoms with van der Waals surface area (Å²) in [7, 11) is 1.31. The van der Waals surface area contributed by atoms with Gasteiger partial charge >= 0.3 is 12.1 Å². The first-order valence-corrected chi connectivity index (χ1v) is 16.4. The number of rotatable bonds is 9. The molecule has 8 nitrogen and oxygen atoms in total. The van der Waals surface area contributed by atoms with Crippen molar-refractivity contribution < 1.29 is 41.4 Å². The second-order valence-electron chi connectivity index (χ2n) is 12.5. The molecule has 1 saturated heterocycles. The van der Waals surface area contributed by atoms with Gasteiger partial charge < -0.3 is 25.4 Å². The molecular weight excluding hydrogens is 701 g/mol. The van der Waals surface area contributed by atoms with Crippen molar-refractivity contribution in [3.05, 3.63) is 111 Å². The lowest BCUT2D eigenvalue weighted by Gasteiger charge is -2.42. The van der Waals surface area contributed by atoms with E-state index in [1.807, 2.05) is 0 Å². The summed E-state index contributed by atoms with van der Waals surface area (Å²) in [6, 6.07) is 9.78. The van der Waals surface area contributed by atoms with E-state index in [9.17, 15) is 14.4 Å². The highest BCUT2D eigenvalue weighted by atomic mass is 35.5. The quantitative estimate of drug-likeness (QED) is 0.154. The van der Waals surface area contributed by atoms with Crippen LogP contribution in [0.25, 0.3) is 0 Å². The van der Waals surface area contributed by atoms with Gasteiger partial charge in [-0.05, 0) is 73.4 Å². The predicted molar refractivity (Wildman–Crippen MR) is 180 cm³/mol. The van der Waals surface area contributed by atoms with E-state index in [4.69, 9.17) is 32.7 Å². The second kappa shape index (κ2) is 13.1. The van der Waals surface area contributed by atoms with Gasteiger partial charge in [-0.25, -0.2) is 9.18 Å². The molecule has 2 amide bonds. The van der Waals surface area contributed by atoms with Gasteiger partial charge in [0.25, 0.3) is 0 Å². The number of anilines is 2. The van der Waals surface area contributed by atoms with Gasteiger partial charge in [-0.2, -0.15) is 13.2 Å². The Hall–Kier alpha value is -4.39. The van der Waals surface area contributed by atoms with E-state index in [1.165, 1.54) is 79.9 Å². The molecule has 14 heteroatoms. The third-order valence-electron chi connectivity index (χ3n) is 9.80. The highest BCUT2D eigenvalue weighted by Gasteiger charge is 2.68. The second-order valence-corrected chi connectivity index (χ2v) is 13.3. The Morgan fingerprint density at radius 2 is 1.82 bits per heavy atom. The van der Waals surface area contributed by atoms with Crippen LogP contribution in [-0.2, 0) is 19.7 Å². The van der Waals surface area contributed by atoms with Crippen molar-refractivity contribution in [1.29, 1.82) is 0 Å². The van der Waals surface area contributed by atoms with Gasteiger partial charge in [-0.3, -0.25) is 9.59 Å². The lowest BCUT2D eigenvalue weighted by molar-refractivity contribution is -0.207. The minimum atomic E-state index is -4.78. The maximum absolute atomic E-state index is 16.2. The standard InChI is InChI=1S/C36H31Cl2F4N3O5/c1-4-50-32(47)18-11-14-24(26(15-18)49-3)43-31(46)30-28(21-9-6-10-23(38)29(21)39)35(22-13-12-20(37)16-25(22)44-33(35)48)27(45-30)17-34(2,36(40,41)42)19-7-5-8-19/h5-16,27-28,30,45H,4,17H2,1-3H3,(H,43,46)(H,44,48)/t27-,28?,30+,34+,35+/m0/s1. The van der Waals surface area contributed by atoms with Gasteiger partial charge in [0.2, 0.25) is 11.8 Å². The Morgan fingerprint density at radius 3 is 2.46 bits per heavy atom. The third-order valence-corrected chi connectivity index (χ3v) is 10.3. The van der Waals surface area contributed by atoms with Crippen LogP contribution in [0.3, 0.4) is 0 Å². The highest BCUT2D eigenvalue weighted by molar-refractivity contribution is 6.31. The molecule has 2 aliphatic heterocycles. The number of allylic oxidation sites excluding steroid dienone is 4. The molecule has 3 aromatic carbocycles. The highest BCUT2D eigenvalue weighted by Crippen LogP contribution is 2.60. The van der Waals surface area contributed by atoms with Crippen molar-refractivity contribution in [2.75, 3.05) is 24.4 Å². The van der Waals surface area contributed by atoms with Crippen molar-refractivity contribution in [3.63, 3.8) is 0 Å². The zero-order chi connectivity index (χ0) is 36.2. The molecule has 0 radical (unpaired) electrons. The van der Waals surface area contributed by atoms with E-state index < -0.39 is 65.0 Å². The van der Waals surface area contributed by atoms with E-state index in [0.717, 1.165) is 6.92 Å². The number of carbonyl (C=O) groups is 3. The number of ether oxygens (including phenoxy) is 2. The normalized spacial score (nSPS) is 23.4. The Labute approximate surface area is 294 Å². The molecule has 262 valence electrons. The van der Waals surface area contributed by atoms with Gasteiger partial charge in [0, 0.05) is 22.7 Å². The van der Waals surface area contributed by atoms with E-state index >= 15 is 17.6 Å². The van der Waals surface area contributed by atoms with Crippen LogP contribution in [0.15, 0.2) is 78.4 Å².